The van der Waals surface area contributed by atoms with Gasteiger partial charge in [-0.3, -0.25) is 14.4 Å². The number of amides is 1. The molecule has 0 aromatic carbocycles. The lowest BCUT2D eigenvalue weighted by atomic mass is 9.97. The van der Waals surface area contributed by atoms with Gasteiger partial charge in [0, 0.05) is 29.7 Å². The summed E-state index contributed by atoms with van der Waals surface area (Å²) in [6.45, 7) is 9.22. The third-order valence-electron chi connectivity index (χ3n) is 5.62. The Kier molecular flexibility index (Phi) is 6.14. The molecule has 0 saturated carbocycles. The van der Waals surface area contributed by atoms with Gasteiger partial charge in [0.2, 0.25) is 5.91 Å². The summed E-state index contributed by atoms with van der Waals surface area (Å²) in [5.74, 6) is 0.887. The number of aryl methyl sites for hydroxylation is 2. The van der Waals surface area contributed by atoms with E-state index in [1.807, 2.05) is 25.6 Å². The molecule has 2 aromatic rings. The van der Waals surface area contributed by atoms with Crippen molar-refractivity contribution in [2.45, 2.75) is 46.1 Å². The Morgan fingerprint density at radius 3 is 2.69 bits per heavy atom. The van der Waals surface area contributed by atoms with Crippen molar-refractivity contribution in [1.82, 2.24) is 20.0 Å². The highest BCUT2D eigenvalue weighted by Crippen LogP contribution is 2.29. The summed E-state index contributed by atoms with van der Waals surface area (Å²) in [6, 6.07) is 4.57. The van der Waals surface area contributed by atoms with Gasteiger partial charge in [-0.05, 0) is 57.1 Å². The molecule has 1 saturated heterocycles. The highest BCUT2D eigenvalue weighted by atomic mass is 32.1. The van der Waals surface area contributed by atoms with Crippen LogP contribution in [0.3, 0.4) is 0 Å². The molecule has 1 aliphatic rings. The van der Waals surface area contributed by atoms with E-state index < -0.39 is 0 Å². The summed E-state index contributed by atoms with van der Waals surface area (Å²) in [4.78, 5) is 16.4. The normalized spacial score (nSPS) is 17.4. The number of carbonyl (C=O) groups is 1. The second kappa shape index (κ2) is 8.35. The maximum Gasteiger partial charge on any atom is 0.224 e. The summed E-state index contributed by atoms with van der Waals surface area (Å²) in [7, 11) is 1.92. The number of nitrogens with zero attached hydrogens (tertiary/aromatic N) is 3. The molecule has 1 aliphatic heterocycles. The predicted molar refractivity (Wildman–Crippen MR) is 106 cm³/mol. The first kappa shape index (κ1) is 19.1. The van der Waals surface area contributed by atoms with E-state index in [1.165, 1.54) is 17.7 Å². The van der Waals surface area contributed by atoms with Crippen LogP contribution in [0.5, 0.6) is 0 Å². The number of rotatable bonds is 6. The monoisotopic (exact) mass is 374 g/mol. The summed E-state index contributed by atoms with van der Waals surface area (Å²) in [6.07, 6.45) is 2.88. The molecule has 3 rings (SSSR count). The molecule has 2 aromatic heterocycles. The molecular formula is C20H30N4OS. The van der Waals surface area contributed by atoms with E-state index in [9.17, 15) is 4.79 Å². The molecule has 3 heterocycles. The van der Waals surface area contributed by atoms with Crippen LogP contribution in [0.25, 0.3) is 0 Å². The molecular weight excluding hydrogens is 344 g/mol. The van der Waals surface area contributed by atoms with Crippen LogP contribution in [0.1, 0.15) is 47.6 Å². The minimum absolute atomic E-state index is 0.0798. The first-order valence-corrected chi connectivity index (χ1v) is 10.4. The second-order valence-corrected chi connectivity index (χ2v) is 8.48. The Hall–Kier alpha value is -1.66. The zero-order valence-corrected chi connectivity index (χ0v) is 17.1. The zero-order valence-electron chi connectivity index (χ0n) is 16.3. The molecule has 0 bridgehead atoms. The standard InChI is InChI=1S/C20H30N4OS/c1-14-7-9-24(10-8-14)18(19-6-5-11-26-19)13-21-20(25)12-17-15(2)22-23(4)16(17)3/h5-6,11,14,18H,7-10,12-13H2,1-4H3,(H,21,25). The summed E-state index contributed by atoms with van der Waals surface area (Å²) < 4.78 is 1.85. The molecule has 1 N–H and O–H groups in total. The van der Waals surface area contributed by atoms with Crippen LogP contribution in [0, 0.1) is 19.8 Å². The topological polar surface area (TPSA) is 50.2 Å². The fourth-order valence-electron chi connectivity index (χ4n) is 3.74. The van der Waals surface area contributed by atoms with Crippen LogP contribution in [0.15, 0.2) is 17.5 Å². The molecule has 0 radical (unpaired) electrons. The molecule has 0 spiro atoms. The number of piperidine rings is 1. The number of nitrogens with one attached hydrogen (secondary N) is 1. The number of hydrogen-bond acceptors (Lipinski definition) is 4. The Bertz CT molecular complexity index is 729. The van der Waals surface area contributed by atoms with E-state index in [4.69, 9.17) is 0 Å². The van der Waals surface area contributed by atoms with E-state index in [0.717, 1.165) is 36.0 Å². The third kappa shape index (κ3) is 4.35. The molecule has 1 atom stereocenters. The summed E-state index contributed by atoms with van der Waals surface area (Å²) in [5.41, 5.74) is 3.06. The van der Waals surface area contributed by atoms with Crippen molar-refractivity contribution >= 4 is 17.2 Å². The quantitative estimate of drug-likeness (QED) is 0.844. The number of likely N-dealkylation sites (tertiary alicyclic amines) is 1. The van der Waals surface area contributed by atoms with Crippen molar-refractivity contribution in [2.24, 2.45) is 13.0 Å². The van der Waals surface area contributed by atoms with Crippen LogP contribution in [-0.2, 0) is 18.3 Å². The Labute approximate surface area is 160 Å². The molecule has 142 valence electrons. The summed E-state index contributed by atoms with van der Waals surface area (Å²) >= 11 is 1.78. The largest absolute Gasteiger partial charge is 0.354 e. The van der Waals surface area contributed by atoms with Gasteiger partial charge in [0.25, 0.3) is 0 Å². The smallest absolute Gasteiger partial charge is 0.224 e. The lowest BCUT2D eigenvalue weighted by Crippen LogP contribution is -2.42. The van der Waals surface area contributed by atoms with Gasteiger partial charge in [-0.25, -0.2) is 0 Å². The number of hydrogen-bond donors (Lipinski definition) is 1. The first-order chi connectivity index (χ1) is 12.5. The molecule has 1 fully saturated rings. The number of aromatic nitrogens is 2. The molecule has 0 aliphatic carbocycles. The SMILES string of the molecule is Cc1nn(C)c(C)c1CC(=O)NCC(c1cccs1)N1CCC(C)CC1. The van der Waals surface area contributed by atoms with Gasteiger partial charge in [0.1, 0.15) is 0 Å². The molecule has 26 heavy (non-hydrogen) atoms. The van der Waals surface area contributed by atoms with E-state index in [1.54, 1.807) is 11.3 Å². The van der Waals surface area contributed by atoms with Crippen molar-refractivity contribution in [1.29, 1.82) is 0 Å². The minimum atomic E-state index is 0.0798. The van der Waals surface area contributed by atoms with Crippen LogP contribution >= 0.6 is 11.3 Å². The van der Waals surface area contributed by atoms with Crippen LogP contribution in [0.4, 0.5) is 0 Å². The van der Waals surface area contributed by atoms with Gasteiger partial charge in [-0.15, -0.1) is 11.3 Å². The first-order valence-electron chi connectivity index (χ1n) is 9.49. The molecule has 6 heteroatoms. The van der Waals surface area contributed by atoms with Crippen LogP contribution < -0.4 is 5.32 Å². The van der Waals surface area contributed by atoms with E-state index in [2.05, 4.69) is 39.8 Å². The van der Waals surface area contributed by atoms with Crippen molar-refractivity contribution in [3.05, 3.63) is 39.3 Å². The average molecular weight is 375 g/mol. The van der Waals surface area contributed by atoms with Gasteiger partial charge in [-0.2, -0.15) is 5.10 Å². The average Bonchev–Trinajstić information content (AvgIpc) is 3.22. The van der Waals surface area contributed by atoms with Crippen molar-refractivity contribution < 1.29 is 4.79 Å². The Morgan fingerprint density at radius 2 is 2.12 bits per heavy atom. The number of carbonyl (C=O) groups excluding carboxylic acids is 1. The van der Waals surface area contributed by atoms with Gasteiger partial charge in [0.15, 0.2) is 0 Å². The number of thiophene rings is 1. The highest BCUT2D eigenvalue weighted by molar-refractivity contribution is 7.10. The van der Waals surface area contributed by atoms with Gasteiger partial charge in [-0.1, -0.05) is 13.0 Å². The summed E-state index contributed by atoms with van der Waals surface area (Å²) in [5, 5.41) is 9.72. The lowest BCUT2D eigenvalue weighted by Gasteiger charge is -2.36. The van der Waals surface area contributed by atoms with Crippen molar-refractivity contribution in [3.63, 3.8) is 0 Å². The maximum atomic E-state index is 12.6. The van der Waals surface area contributed by atoms with E-state index >= 15 is 0 Å². The van der Waals surface area contributed by atoms with Crippen molar-refractivity contribution in [3.8, 4) is 0 Å². The predicted octanol–water partition coefficient (Wildman–Crippen LogP) is 3.23. The Morgan fingerprint density at radius 1 is 1.38 bits per heavy atom. The van der Waals surface area contributed by atoms with Crippen LogP contribution in [-0.4, -0.2) is 40.2 Å². The van der Waals surface area contributed by atoms with Gasteiger partial charge in [0.05, 0.1) is 18.2 Å². The van der Waals surface area contributed by atoms with Crippen LogP contribution in [0.2, 0.25) is 0 Å². The lowest BCUT2D eigenvalue weighted by molar-refractivity contribution is -0.120. The highest BCUT2D eigenvalue weighted by Gasteiger charge is 2.26. The van der Waals surface area contributed by atoms with E-state index in [0.29, 0.717) is 13.0 Å². The molecule has 1 amide bonds. The second-order valence-electron chi connectivity index (χ2n) is 7.50. The fourth-order valence-corrected chi connectivity index (χ4v) is 4.60. The molecule has 5 nitrogen and oxygen atoms in total. The van der Waals surface area contributed by atoms with Gasteiger partial charge >= 0.3 is 0 Å². The third-order valence-corrected chi connectivity index (χ3v) is 6.59. The molecule has 1 unspecified atom stereocenters. The maximum absolute atomic E-state index is 12.6. The van der Waals surface area contributed by atoms with E-state index in [-0.39, 0.29) is 11.9 Å². The minimum Gasteiger partial charge on any atom is -0.354 e. The fraction of sp³-hybridized carbons (Fsp3) is 0.600. The Balaban J connectivity index is 1.63. The van der Waals surface area contributed by atoms with Crippen molar-refractivity contribution in [2.75, 3.05) is 19.6 Å². The van der Waals surface area contributed by atoms with Gasteiger partial charge < -0.3 is 5.32 Å². The zero-order chi connectivity index (χ0) is 18.7.